The number of hydrogen-bond acceptors (Lipinski definition) is 7. The molecule has 204 valence electrons. The van der Waals surface area contributed by atoms with E-state index in [0.717, 1.165) is 11.1 Å². The third-order valence-corrected chi connectivity index (χ3v) is 7.06. The number of carbonyl (C=O) groups excluding carboxylic acids is 2. The molecule has 0 aliphatic rings. The SMILES string of the molecule is COC(=O)CCCC(C)(C)c1cc(Oc2cc(C)c(O)c(C(C)(C)CCCC(=O)OC)c2)cc(C)c1O. The summed E-state index contributed by atoms with van der Waals surface area (Å²) in [6, 6.07) is 7.24. The molecule has 2 rings (SSSR count). The van der Waals surface area contributed by atoms with E-state index in [1.54, 1.807) is 12.1 Å². The zero-order valence-electron chi connectivity index (χ0n) is 23.5. The van der Waals surface area contributed by atoms with Crippen LogP contribution in [0.25, 0.3) is 0 Å². The van der Waals surface area contributed by atoms with Gasteiger partial charge in [-0.2, -0.15) is 0 Å². The van der Waals surface area contributed by atoms with Gasteiger partial charge in [0, 0.05) is 24.0 Å². The number of carbonyl (C=O) groups is 2. The van der Waals surface area contributed by atoms with Gasteiger partial charge in [0.1, 0.15) is 23.0 Å². The van der Waals surface area contributed by atoms with E-state index in [2.05, 4.69) is 0 Å². The van der Waals surface area contributed by atoms with Crippen molar-refractivity contribution in [3.05, 3.63) is 46.5 Å². The van der Waals surface area contributed by atoms with Crippen LogP contribution >= 0.6 is 0 Å². The number of methoxy groups -OCH3 is 2. The number of esters is 2. The van der Waals surface area contributed by atoms with Crippen LogP contribution in [0, 0.1) is 13.8 Å². The third-order valence-electron chi connectivity index (χ3n) is 7.06. The van der Waals surface area contributed by atoms with Crippen molar-refractivity contribution in [2.24, 2.45) is 0 Å². The zero-order valence-corrected chi connectivity index (χ0v) is 23.5. The maximum Gasteiger partial charge on any atom is 0.305 e. The van der Waals surface area contributed by atoms with Crippen LogP contribution in [-0.4, -0.2) is 36.4 Å². The summed E-state index contributed by atoms with van der Waals surface area (Å²) in [6.07, 6.45) is 3.27. The van der Waals surface area contributed by atoms with Crippen molar-refractivity contribution in [2.45, 2.75) is 90.9 Å². The number of phenols is 2. The lowest BCUT2D eigenvalue weighted by Gasteiger charge is -2.28. The average Bonchev–Trinajstić information content (AvgIpc) is 2.82. The standard InChI is InChI=1S/C30H42O7/c1-19-15-21(17-23(27(19)33)29(3,4)13-9-11-25(31)35-7)37-22-16-20(2)28(34)24(18-22)30(5,6)14-10-12-26(32)36-8/h15-18,33-34H,9-14H2,1-8H3. The van der Waals surface area contributed by atoms with Gasteiger partial charge in [0.15, 0.2) is 0 Å². The fourth-order valence-electron chi connectivity index (χ4n) is 4.60. The molecule has 0 amide bonds. The van der Waals surface area contributed by atoms with E-state index >= 15 is 0 Å². The minimum Gasteiger partial charge on any atom is -0.507 e. The second kappa shape index (κ2) is 12.3. The van der Waals surface area contributed by atoms with Crippen molar-refractivity contribution < 1.29 is 34.0 Å². The molecule has 0 fully saturated rings. The summed E-state index contributed by atoms with van der Waals surface area (Å²) in [5.41, 5.74) is 2.05. The molecule has 0 aromatic heterocycles. The molecule has 7 nitrogen and oxygen atoms in total. The second-order valence-corrected chi connectivity index (χ2v) is 11.0. The topological polar surface area (TPSA) is 102 Å². The smallest absolute Gasteiger partial charge is 0.305 e. The Bertz CT molecular complexity index is 1030. The largest absolute Gasteiger partial charge is 0.507 e. The van der Waals surface area contributed by atoms with E-state index in [-0.39, 0.29) is 23.4 Å². The van der Waals surface area contributed by atoms with Crippen molar-refractivity contribution in [3.63, 3.8) is 0 Å². The highest BCUT2D eigenvalue weighted by Gasteiger charge is 2.28. The fourth-order valence-corrected chi connectivity index (χ4v) is 4.60. The summed E-state index contributed by atoms with van der Waals surface area (Å²) >= 11 is 0. The van der Waals surface area contributed by atoms with Gasteiger partial charge in [-0.25, -0.2) is 0 Å². The van der Waals surface area contributed by atoms with Crippen LogP contribution in [0.4, 0.5) is 0 Å². The number of ether oxygens (including phenoxy) is 3. The van der Waals surface area contributed by atoms with Crippen molar-refractivity contribution >= 4 is 11.9 Å². The summed E-state index contributed by atoms with van der Waals surface area (Å²) < 4.78 is 15.8. The van der Waals surface area contributed by atoms with Crippen molar-refractivity contribution in [3.8, 4) is 23.0 Å². The molecule has 0 aliphatic heterocycles. The van der Waals surface area contributed by atoms with Gasteiger partial charge in [0.2, 0.25) is 0 Å². The van der Waals surface area contributed by atoms with Crippen molar-refractivity contribution in [1.82, 2.24) is 0 Å². The van der Waals surface area contributed by atoms with Gasteiger partial charge >= 0.3 is 11.9 Å². The van der Waals surface area contributed by atoms with E-state index in [9.17, 15) is 19.8 Å². The Kier molecular flexibility index (Phi) is 10.0. The summed E-state index contributed by atoms with van der Waals surface area (Å²) in [5.74, 6) is 1.08. The Labute approximate surface area is 220 Å². The van der Waals surface area contributed by atoms with Crippen LogP contribution in [0.1, 0.15) is 88.5 Å². The van der Waals surface area contributed by atoms with Gasteiger partial charge in [-0.15, -0.1) is 0 Å². The molecular formula is C30H42O7. The molecule has 0 saturated heterocycles. The molecule has 0 bridgehead atoms. The molecule has 37 heavy (non-hydrogen) atoms. The minimum atomic E-state index is -0.403. The van der Waals surface area contributed by atoms with Gasteiger partial charge < -0.3 is 24.4 Å². The van der Waals surface area contributed by atoms with Crippen LogP contribution in [-0.2, 0) is 29.9 Å². The predicted octanol–water partition coefficient (Wildman–Crippen LogP) is 6.75. The molecule has 2 aromatic rings. The van der Waals surface area contributed by atoms with Crippen molar-refractivity contribution in [1.29, 1.82) is 0 Å². The lowest BCUT2D eigenvalue weighted by molar-refractivity contribution is -0.141. The van der Waals surface area contributed by atoms with Gasteiger partial charge in [-0.05, 0) is 85.8 Å². The van der Waals surface area contributed by atoms with Crippen LogP contribution in [0.2, 0.25) is 0 Å². The average molecular weight is 515 g/mol. The van der Waals surface area contributed by atoms with Crippen LogP contribution in [0.5, 0.6) is 23.0 Å². The second-order valence-electron chi connectivity index (χ2n) is 11.0. The Balaban J connectivity index is 2.33. The van der Waals surface area contributed by atoms with Gasteiger partial charge in [-0.3, -0.25) is 9.59 Å². The van der Waals surface area contributed by atoms with Crippen LogP contribution in [0.3, 0.4) is 0 Å². The quantitative estimate of drug-likeness (QED) is 0.302. The highest BCUT2D eigenvalue weighted by Crippen LogP contribution is 2.43. The molecule has 0 heterocycles. The first-order valence-corrected chi connectivity index (χ1v) is 12.7. The Morgan fingerprint density at radius 1 is 0.703 bits per heavy atom. The molecule has 0 aliphatic carbocycles. The molecular weight excluding hydrogens is 472 g/mol. The summed E-state index contributed by atoms with van der Waals surface area (Å²) in [4.78, 5) is 23.1. The maximum atomic E-state index is 11.5. The van der Waals surface area contributed by atoms with E-state index in [4.69, 9.17) is 14.2 Å². The molecule has 0 saturated carbocycles. The number of phenolic OH excluding ortho intramolecular Hbond substituents is 2. The summed E-state index contributed by atoms with van der Waals surface area (Å²) in [7, 11) is 2.76. The van der Waals surface area contributed by atoms with Crippen LogP contribution < -0.4 is 4.74 Å². The monoisotopic (exact) mass is 514 g/mol. The van der Waals surface area contributed by atoms with Crippen molar-refractivity contribution in [2.75, 3.05) is 14.2 Å². The van der Waals surface area contributed by atoms with Gasteiger partial charge in [0.05, 0.1) is 14.2 Å². The number of rotatable bonds is 12. The lowest BCUT2D eigenvalue weighted by Crippen LogP contribution is -2.19. The van der Waals surface area contributed by atoms with Gasteiger partial charge in [-0.1, -0.05) is 27.7 Å². The molecule has 7 heteroatoms. The van der Waals surface area contributed by atoms with E-state index in [1.165, 1.54) is 14.2 Å². The Morgan fingerprint density at radius 3 is 1.38 bits per heavy atom. The highest BCUT2D eigenvalue weighted by atomic mass is 16.5. The summed E-state index contributed by atoms with van der Waals surface area (Å²) in [6.45, 7) is 11.8. The first kappa shape index (κ1) is 30.0. The van der Waals surface area contributed by atoms with E-state index in [0.29, 0.717) is 61.2 Å². The number of hydrogen-bond donors (Lipinski definition) is 2. The number of benzene rings is 2. The Hall–Kier alpha value is -3.22. The summed E-state index contributed by atoms with van der Waals surface area (Å²) in [5, 5.41) is 21.7. The Morgan fingerprint density at radius 2 is 1.05 bits per heavy atom. The minimum absolute atomic E-state index is 0.213. The predicted molar refractivity (Wildman–Crippen MR) is 144 cm³/mol. The first-order chi connectivity index (χ1) is 17.2. The molecule has 0 spiro atoms. The first-order valence-electron chi connectivity index (χ1n) is 12.7. The lowest BCUT2D eigenvalue weighted by atomic mass is 9.78. The highest BCUT2D eigenvalue weighted by molar-refractivity contribution is 5.69. The fraction of sp³-hybridized carbons (Fsp3) is 0.533. The van der Waals surface area contributed by atoms with E-state index < -0.39 is 10.8 Å². The normalized spacial score (nSPS) is 11.8. The zero-order chi connectivity index (χ0) is 28.0. The number of aromatic hydroxyl groups is 2. The molecule has 0 atom stereocenters. The van der Waals surface area contributed by atoms with Crippen LogP contribution in [0.15, 0.2) is 24.3 Å². The third kappa shape index (κ3) is 7.88. The molecule has 0 unspecified atom stereocenters. The number of aryl methyl sites for hydroxylation is 2. The maximum absolute atomic E-state index is 11.5. The van der Waals surface area contributed by atoms with E-state index in [1.807, 2.05) is 53.7 Å². The molecule has 2 aromatic carbocycles. The van der Waals surface area contributed by atoms with Gasteiger partial charge in [0.25, 0.3) is 0 Å². The molecule has 0 radical (unpaired) electrons. The molecule has 2 N–H and O–H groups in total.